The molecule has 0 saturated carbocycles. The summed E-state index contributed by atoms with van der Waals surface area (Å²) < 4.78 is 26.7. The van der Waals surface area contributed by atoms with Crippen LogP contribution in [0.5, 0.6) is 11.5 Å². The van der Waals surface area contributed by atoms with Crippen LogP contribution in [0.25, 0.3) is 10.9 Å². The van der Waals surface area contributed by atoms with Crippen LogP contribution in [0.3, 0.4) is 0 Å². The van der Waals surface area contributed by atoms with E-state index in [0.717, 1.165) is 74.2 Å². The number of hydrogen-bond acceptors (Lipinski definition) is 11. The Bertz CT molecular complexity index is 2170. The number of likely N-dealkylation sites (tertiary alicyclic amines) is 1. The van der Waals surface area contributed by atoms with Gasteiger partial charge in [-0.1, -0.05) is 43.0 Å². The SMILES string of the molecule is COc1cc2ncnc(Nc3cccc(Cl)c3F)c2cc1OC1CCN(CC(=O)NCCCCCCCSc2cccc3c2CN(C2CCC(=O)NC2=O)C3=O)CC1. The van der Waals surface area contributed by atoms with Gasteiger partial charge in [0.05, 0.1) is 29.9 Å². The van der Waals surface area contributed by atoms with Gasteiger partial charge in [-0.05, 0) is 73.8 Å². The van der Waals surface area contributed by atoms with Crippen LogP contribution in [0.2, 0.25) is 5.02 Å². The highest BCUT2D eigenvalue weighted by Crippen LogP contribution is 2.38. The number of unbranched alkanes of at least 4 members (excludes halogenated alkanes) is 4. The molecule has 0 aliphatic carbocycles. The number of rotatable bonds is 17. The summed E-state index contributed by atoms with van der Waals surface area (Å²) in [6.07, 6.45) is 8.53. The Balaban J connectivity index is 0.780. The predicted molar refractivity (Wildman–Crippen MR) is 220 cm³/mol. The quantitative estimate of drug-likeness (QED) is 0.0596. The first kappa shape index (κ1) is 41.2. The third-order valence-corrected chi connectivity index (χ3v) is 12.2. The van der Waals surface area contributed by atoms with Crippen molar-refractivity contribution in [1.82, 2.24) is 30.4 Å². The number of fused-ring (bicyclic) bond motifs is 2. The fraction of sp³-hybridized carbons (Fsp3) is 0.429. The van der Waals surface area contributed by atoms with Crippen molar-refractivity contribution in [3.63, 3.8) is 0 Å². The van der Waals surface area contributed by atoms with Crippen LogP contribution in [-0.2, 0) is 20.9 Å². The van der Waals surface area contributed by atoms with Crippen molar-refractivity contribution in [2.45, 2.75) is 81.4 Å². The van der Waals surface area contributed by atoms with Gasteiger partial charge in [0.25, 0.3) is 5.91 Å². The van der Waals surface area contributed by atoms with Crippen LogP contribution >= 0.6 is 23.4 Å². The number of halogens is 2. The van der Waals surface area contributed by atoms with Gasteiger partial charge in [0.1, 0.15) is 24.3 Å². The molecule has 3 aliphatic rings. The van der Waals surface area contributed by atoms with Gasteiger partial charge in [0, 0.05) is 54.5 Å². The molecule has 3 N–H and O–H groups in total. The van der Waals surface area contributed by atoms with Crippen molar-refractivity contribution < 1.29 is 33.0 Å². The molecule has 2 saturated heterocycles. The van der Waals surface area contributed by atoms with Gasteiger partial charge in [0.2, 0.25) is 17.7 Å². The lowest BCUT2D eigenvalue weighted by atomic mass is 10.0. The molecule has 3 aliphatic heterocycles. The number of carbonyl (C=O) groups is 4. The maximum absolute atomic E-state index is 14.6. The maximum atomic E-state index is 14.6. The molecule has 0 radical (unpaired) electrons. The number of carbonyl (C=O) groups excluding carboxylic acids is 4. The van der Waals surface area contributed by atoms with Crippen molar-refractivity contribution in [2.24, 2.45) is 0 Å². The van der Waals surface area contributed by atoms with Crippen molar-refractivity contribution in [3.05, 3.63) is 76.8 Å². The molecule has 1 unspecified atom stereocenters. The summed E-state index contributed by atoms with van der Waals surface area (Å²) in [5.74, 6) is 1.01. The number of aromatic nitrogens is 2. The van der Waals surface area contributed by atoms with Gasteiger partial charge >= 0.3 is 0 Å². The number of nitrogens with zero attached hydrogens (tertiary/aromatic N) is 4. The van der Waals surface area contributed by atoms with Crippen LogP contribution < -0.4 is 25.4 Å². The van der Waals surface area contributed by atoms with E-state index < -0.39 is 17.8 Å². The number of nitrogens with one attached hydrogen (secondary N) is 3. The lowest BCUT2D eigenvalue weighted by Gasteiger charge is -2.32. The number of methoxy groups -OCH3 is 1. The number of ether oxygens (including phenoxy) is 2. The molecule has 4 amide bonds. The van der Waals surface area contributed by atoms with Crippen molar-refractivity contribution in [2.75, 3.05) is 44.4 Å². The minimum Gasteiger partial charge on any atom is -0.493 e. The second-order valence-corrected chi connectivity index (χ2v) is 16.3. The molecule has 0 spiro atoms. The molecular formula is C42H47ClFN7O6S. The van der Waals surface area contributed by atoms with Crippen molar-refractivity contribution in [3.8, 4) is 11.5 Å². The first-order valence-electron chi connectivity index (χ1n) is 19.8. The Morgan fingerprint density at radius 2 is 1.79 bits per heavy atom. The number of anilines is 2. The summed E-state index contributed by atoms with van der Waals surface area (Å²) in [5.41, 5.74) is 2.41. The maximum Gasteiger partial charge on any atom is 0.255 e. The topological polar surface area (TPSA) is 155 Å². The van der Waals surface area contributed by atoms with E-state index in [9.17, 15) is 23.6 Å². The zero-order valence-corrected chi connectivity index (χ0v) is 33.9. The monoisotopic (exact) mass is 831 g/mol. The number of amides is 4. The van der Waals surface area contributed by atoms with E-state index in [4.69, 9.17) is 21.1 Å². The average Bonchev–Trinajstić information content (AvgIpc) is 3.55. The molecule has 0 bridgehead atoms. The fourth-order valence-corrected chi connectivity index (χ4v) is 8.89. The summed E-state index contributed by atoms with van der Waals surface area (Å²) in [4.78, 5) is 63.3. The molecule has 1 aromatic heterocycles. The normalized spacial score (nSPS) is 17.3. The van der Waals surface area contributed by atoms with E-state index in [1.54, 1.807) is 48.0 Å². The van der Waals surface area contributed by atoms with E-state index >= 15 is 0 Å². The van der Waals surface area contributed by atoms with E-state index in [-0.39, 0.29) is 41.0 Å². The van der Waals surface area contributed by atoms with Crippen LogP contribution in [-0.4, -0.2) is 94.6 Å². The Morgan fingerprint density at radius 1 is 1.00 bits per heavy atom. The molecule has 3 aromatic carbocycles. The van der Waals surface area contributed by atoms with Gasteiger partial charge < -0.3 is 25.0 Å². The molecule has 306 valence electrons. The molecule has 4 aromatic rings. The average molecular weight is 832 g/mol. The minimum absolute atomic E-state index is 0.00560. The summed E-state index contributed by atoms with van der Waals surface area (Å²) in [7, 11) is 1.57. The molecule has 4 heterocycles. The summed E-state index contributed by atoms with van der Waals surface area (Å²) >= 11 is 7.72. The lowest BCUT2D eigenvalue weighted by molar-refractivity contribution is -0.137. The highest BCUT2D eigenvalue weighted by molar-refractivity contribution is 7.99. The Kier molecular flexibility index (Phi) is 13.6. The summed E-state index contributed by atoms with van der Waals surface area (Å²) in [6, 6.07) is 13.4. The third kappa shape index (κ3) is 9.81. The van der Waals surface area contributed by atoms with Crippen molar-refractivity contribution in [1.29, 1.82) is 0 Å². The van der Waals surface area contributed by atoms with E-state index in [1.165, 1.54) is 12.4 Å². The van der Waals surface area contributed by atoms with Crippen LogP contribution in [0.4, 0.5) is 15.9 Å². The zero-order valence-electron chi connectivity index (χ0n) is 32.4. The van der Waals surface area contributed by atoms with Crippen LogP contribution in [0.15, 0.2) is 59.8 Å². The number of hydrogen-bond donors (Lipinski definition) is 3. The smallest absolute Gasteiger partial charge is 0.255 e. The highest BCUT2D eigenvalue weighted by Gasteiger charge is 2.39. The van der Waals surface area contributed by atoms with Gasteiger partial charge in [-0.15, -0.1) is 11.8 Å². The summed E-state index contributed by atoms with van der Waals surface area (Å²) in [6.45, 7) is 2.81. The van der Waals surface area contributed by atoms with E-state index in [2.05, 4.69) is 30.8 Å². The Labute approximate surface area is 345 Å². The zero-order chi connectivity index (χ0) is 40.6. The highest BCUT2D eigenvalue weighted by atomic mass is 35.5. The Morgan fingerprint density at radius 3 is 2.60 bits per heavy atom. The fourth-order valence-electron chi connectivity index (χ4n) is 7.63. The van der Waals surface area contributed by atoms with Crippen molar-refractivity contribution >= 4 is 69.4 Å². The third-order valence-electron chi connectivity index (χ3n) is 10.8. The van der Waals surface area contributed by atoms with Gasteiger partial charge in [-0.25, -0.2) is 14.4 Å². The summed E-state index contributed by atoms with van der Waals surface area (Å²) in [5, 5.41) is 9.10. The van der Waals surface area contributed by atoms with E-state index in [0.29, 0.717) is 59.8 Å². The first-order chi connectivity index (χ1) is 28.2. The van der Waals surface area contributed by atoms with E-state index in [1.807, 2.05) is 18.2 Å². The molecular weight excluding hydrogens is 785 g/mol. The molecule has 13 nitrogen and oxygen atoms in total. The molecule has 58 heavy (non-hydrogen) atoms. The largest absolute Gasteiger partial charge is 0.493 e. The number of benzene rings is 3. The second-order valence-electron chi connectivity index (χ2n) is 14.7. The molecule has 2 fully saturated rings. The molecule has 16 heteroatoms. The first-order valence-corrected chi connectivity index (χ1v) is 21.1. The van der Waals surface area contributed by atoms with Crippen LogP contribution in [0, 0.1) is 5.82 Å². The Hall–Kier alpha value is -4.99. The molecule has 7 rings (SSSR count). The lowest BCUT2D eigenvalue weighted by Crippen LogP contribution is -2.52. The molecule has 1 atom stereocenters. The second kappa shape index (κ2) is 19.2. The standard InChI is InChI=1S/C42H47ClFN7O6S/c1-56-34-22-32-28(40(47-25-46-32)48-31-11-8-10-30(43)39(31)44)21-35(34)57-26-15-18-50(19-16-26)24-38(53)45-17-5-3-2-4-6-20-58-36-12-7-9-27-29(36)23-51(42(27)55)33-13-14-37(52)49-41(33)54/h7-12,21-22,25-26,33H,2-6,13-20,23-24H2,1H3,(H,45,53)(H,46,47,48)(H,49,52,54). The number of piperidine rings is 2. The predicted octanol–water partition coefficient (Wildman–Crippen LogP) is 6.64. The van der Waals surface area contributed by atoms with Gasteiger partial charge in [-0.3, -0.25) is 29.4 Å². The number of thioether (sulfide) groups is 1. The van der Waals surface area contributed by atoms with Gasteiger partial charge in [0.15, 0.2) is 17.3 Å². The minimum atomic E-state index is -0.611. The van der Waals surface area contributed by atoms with Gasteiger partial charge in [-0.2, -0.15) is 0 Å². The number of imide groups is 1. The van der Waals surface area contributed by atoms with Crippen LogP contribution in [0.1, 0.15) is 73.7 Å².